The number of benzene rings is 2. The Bertz CT molecular complexity index is 982. The zero-order valence-electron chi connectivity index (χ0n) is 14.0. The van der Waals surface area contributed by atoms with Gasteiger partial charge in [0.2, 0.25) is 0 Å². The molecule has 26 heavy (non-hydrogen) atoms. The summed E-state index contributed by atoms with van der Waals surface area (Å²) in [6, 6.07) is 23.7. The van der Waals surface area contributed by atoms with Gasteiger partial charge in [-0.2, -0.15) is 0 Å². The van der Waals surface area contributed by atoms with Crippen molar-refractivity contribution in [1.29, 1.82) is 0 Å². The minimum absolute atomic E-state index is 0.840. The second-order valence-electron chi connectivity index (χ2n) is 5.74. The van der Waals surface area contributed by atoms with Crippen molar-refractivity contribution in [3.8, 4) is 0 Å². The largest absolute Gasteiger partial charge is 0.255 e. The number of fused-ring (bicyclic) bond motifs is 1. The molecular weight excluding hydrogens is 320 g/mol. The van der Waals surface area contributed by atoms with Crippen LogP contribution in [0.1, 0.15) is 11.4 Å². The third-order valence-electron chi connectivity index (χ3n) is 3.87. The SMILES string of the molecule is C(=N\c1ccc2cc(/N=C/c3ccccn3)ccc2c1)/c1ccccn1. The van der Waals surface area contributed by atoms with Gasteiger partial charge in [0, 0.05) is 12.4 Å². The van der Waals surface area contributed by atoms with Crippen LogP contribution in [0.4, 0.5) is 11.4 Å². The quantitative estimate of drug-likeness (QED) is 0.485. The van der Waals surface area contributed by atoms with Crippen LogP contribution in [0.2, 0.25) is 0 Å². The lowest BCUT2D eigenvalue weighted by atomic mass is 10.1. The highest BCUT2D eigenvalue weighted by Gasteiger charge is 1.98. The summed E-state index contributed by atoms with van der Waals surface area (Å²) < 4.78 is 0. The van der Waals surface area contributed by atoms with Crippen LogP contribution in [0.15, 0.2) is 95.2 Å². The van der Waals surface area contributed by atoms with Gasteiger partial charge in [-0.05, 0) is 59.3 Å². The van der Waals surface area contributed by atoms with Crippen LogP contribution in [0.25, 0.3) is 10.8 Å². The first kappa shape index (κ1) is 15.8. The lowest BCUT2D eigenvalue weighted by Crippen LogP contribution is -1.84. The van der Waals surface area contributed by atoms with Gasteiger partial charge in [0.15, 0.2) is 0 Å². The Morgan fingerprint density at radius 3 is 1.50 bits per heavy atom. The van der Waals surface area contributed by atoms with E-state index in [2.05, 4.69) is 44.2 Å². The summed E-state index contributed by atoms with van der Waals surface area (Å²) in [6.07, 6.45) is 7.06. The first-order valence-electron chi connectivity index (χ1n) is 8.31. The van der Waals surface area contributed by atoms with E-state index < -0.39 is 0 Å². The number of aromatic nitrogens is 2. The molecule has 4 aromatic rings. The van der Waals surface area contributed by atoms with Crippen molar-refractivity contribution < 1.29 is 0 Å². The van der Waals surface area contributed by atoms with Crippen molar-refractivity contribution in [3.63, 3.8) is 0 Å². The van der Waals surface area contributed by atoms with Crippen molar-refractivity contribution in [2.75, 3.05) is 0 Å². The standard InChI is InChI=1S/C22H16N4/c1-3-11-23-21(5-1)15-25-19-9-7-18-14-20(10-8-17(18)13-19)26-16-22-6-2-4-12-24-22/h1-16H/b25-15+,26-16+. The summed E-state index contributed by atoms with van der Waals surface area (Å²) in [5.41, 5.74) is 3.47. The van der Waals surface area contributed by atoms with Crippen molar-refractivity contribution >= 4 is 34.6 Å². The molecule has 0 amide bonds. The maximum atomic E-state index is 4.50. The summed E-state index contributed by atoms with van der Waals surface area (Å²) in [5.74, 6) is 0. The molecule has 0 atom stereocenters. The number of nitrogens with zero attached hydrogens (tertiary/aromatic N) is 4. The van der Waals surface area contributed by atoms with Crippen LogP contribution in [0.5, 0.6) is 0 Å². The Kier molecular flexibility index (Phi) is 4.56. The average molecular weight is 336 g/mol. The Labute approximate surface area is 151 Å². The van der Waals surface area contributed by atoms with E-state index in [-0.39, 0.29) is 0 Å². The monoisotopic (exact) mass is 336 g/mol. The second kappa shape index (κ2) is 7.49. The number of hydrogen-bond donors (Lipinski definition) is 0. The lowest BCUT2D eigenvalue weighted by molar-refractivity contribution is 1.30. The van der Waals surface area contributed by atoms with Gasteiger partial charge in [-0.25, -0.2) is 0 Å². The lowest BCUT2D eigenvalue weighted by Gasteiger charge is -2.01. The zero-order chi connectivity index (χ0) is 17.6. The molecule has 124 valence electrons. The third kappa shape index (κ3) is 3.87. The third-order valence-corrected chi connectivity index (χ3v) is 3.87. The highest BCUT2D eigenvalue weighted by Crippen LogP contribution is 2.25. The maximum Gasteiger partial charge on any atom is 0.0812 e. The van der Waals surface area contributed by atoms with E-state index in [0.29, 0.717) is 0 Å². The van der Waals surface area contributed by atoms with Gasteiger partial charge in [-0.1, -0.05) is 24.3 Å². The van der Waals surface area contributed by atoms with Crippen molar-refractivity contribution in [3.05, 3.63) is 96.6 Å². The predicted octanol–water partition coefficient (Wildman–Crippen LogP) is 5.13. The molecule has 0 saturated carbocycles. The van der Waals surface area contributed by atoms with E-state index in [1.54, 1.807) is 24.8 Å². The van der Waals surface area contributed by atoms with Crippen molar-refractivity contribution in [2.24, 2.45) is 9.98 Å². The van der Waals surface area contributed by atoms with Crippen LogP contribution in [0.3, 0.4) is 0 Å². The van der Waals surface area contributed by atoms with Gasteiger partial charge >= 0.3 is 0 Å². The van der Waals surface area contributed by atoms with Crippen LogP contribution < -0.4 is 0 Å². The van der Waals surface area contributed by atoms with Gasteiger partial charge < -0.3 is 0 Å². The van der Waals surface area contributed by atoms with Crippen LogP contribution in [-0.4, -0.2) is 22.4 Å². The molecule has 2 aromatic heterocycles. The first-order valence-corrected chi connectivity index (χ1v) is 8.31. The first-order chi connectivity index (χ1) is 12.9. The fraction of sp³-hybridized carbons (Fsp3) is 0. The second-order valence-corrected chi connectivity index (χ2v) is 5.74. The molecule has 0 saturated heterocycles. The molecule has 2 aromatic carbocycles. The van der Waals surface area contributed by atoms with Crippen LogP contribution in [0, 0.1) is 0 Å². The van der Waals surface area contributed by atoms with Crippen molar-refractivity contribution in [2.45, 2.75) is 0 Å². The molecule has 0 radical (unpaired) electrons. The van der Waals surface area contributed by atoms with Gasteiger partial charge in [-0.3, -0.25) is 20.0 Å². The van der Waals surface area contributed by atoms with E-state index in [4.69, 9.17) is 0 Å². The molecule has 4 heteroatoms. The molecule has 0 aliphatic rings. The van der Waals surface area contributed by atoms with E-state index in [1.165, 1.54) is 0 Å². The minimum Gasteiger partial charge on any atom is -0.255 e. The Morgan fingerprint density at radius 2 is 1.08 bits per heavy atom. The van der Waals surface area contributed by atoms with Crippen LogP contribution >= 0.6 is 0 Å². The smallest absolute Gasteiger partial charge is 0.0812 e. The van der Waals surface area contributed by atoms with Gasteiger partial charge in [-0.15, -0.1) is 0 Å². The molecule has 0 spiro atoms. The zero-order valence-corrected chi connectivity index (χ0v) is 14.0. The molecule has 2 heterocycles. The van der Waals surface area contributed by atoms with E-state index >= 15 is 0 Å². The highest BCUT2D eigenvalue weighted by atomic mass is 14.8. The van der Waals surface area contributed by atoms with E-state index in [9.17, 15) is 0 Å². The maximum absolute atomic E-state index is 4.50. The topological polar surface area (TPSA) is 50.5 Å². The highest BCUT2D eigenvalue weighted by molar-refractivity contribution is 5.90. The summed E-state index contributed by atoms with van der Waals surface area (Å²) in [5, 5.41) is 2.25. The number of rotatable bonds is 4. The van der Waals surface area contributed by atoms with Gasteiger partial charge in [0.05, 0.1) is 35.2 Å². The van der Waals surface area contributed by atoms with Gasteiger partial charge in [0.1, 0.15) is 0 Å². The Balaban J connectivity index is 1.56. The Morgan fingerprint density at radius 1 is 0.577 bits per heavy atom. The summed E-state index contributed by atoms with van der Waals surface area (Å²) >= 11 is 0. The van der Waals surface area contributed by atoms with E-state index in [1.807, 2.05) is 48.5 Å². The minimum atomic E-state index is 0.840. The number of pyridine rings is 2. The molecule has 0 fully saturated rings. The van der Waals surface area contributed by atoms with Gasteiger partial charge in [0.25, 0.3) is 0 Å². The molecule has 4 nitrogen and oxygen atoms in total. The average Bonchev–Trinajstić information content (AvgIpc) is 2.72. The molecule has 0 aliphatic heterocycles. The normalized spacial score (nSPS) is 11.5. The molecule has 0 unspecified atom stereocenters. The summed E-state index contributed by atoms with van der Waals surface area (Å²) in [7, 11) is 0. The number of aliphatic imine (C=N–C) groups is 2. The summed E-state index contributed by atoms with van der Waals surface area (Å²) in [6.45, 7) is 0. The molecular formula is C22H16N4. The van der Waals surface area contributed by atoms with E-state index in [0.717, 1.165) is 33.5 Å². The summed E-state index contributed by atoms with van der Waals surface area (Å²) in [4.78, 5) is 17.5. The molecule has 4 rings (SSSR count). The fourth-order valence-electron chi connectivity index (χ4n) is 2.57. The predicted molar refractivity (Wildman–Crippen MR) is 107 cm³/mol. The Hall–Kier alpha value is -3.66. The number of hydrogen-bond acceptors (Lipinski definition) is 4. The molecule has 0 aliphatic carbocycles. The fourth-order valence-corrected chi connectivity index (χ4v) is 2.57. The van der Waals surface area contributed by atoms with Crippen LogP contribution in [-0.2, 0) is 0 Å². The molecule has 0 N–H and O–H groups in total. The van der Waals surface area contributed by atoms with Crippen molar-refractivity contribution in [1.82, 2.24) is 9.97 Å². The molecule has 0 bridgehead atoms.